The molecule has 1 fully saturated rings. The first kappa shape index (κ1) is 20.0. The lowest BCUT2D eigenvalue weighted by Crippen LogP contribution is -2.32. The third-order valence-electron chi connectivity index (χ3n) is 8.45. The van der Waals surface area contributed by atoms with Crippen LogP contribution in [0.25, 0.3) is 43.6 Å². The highest BCUT2D eigenvalue weighted by Gasteiger charge is 2.33. The summed E-state index contributed by atoms with van der Waals surface area (Å²) in [6.07, 6.45) is 8.90. The molecule has 0 atom stereocenters. The summed E-state index contributed by atoms with van der Waals surface area (Å²) in [4.78, 5) is 0. The van der Waals surface area contributed by atoms with Crippen LogP contribution in [0.3, 0.4) is 0 Å². The van der Waals surface area contributed by atoms with Gasteiger partial charge in [0.1, 0.15) is 18.5 Å². The van der Waals surface area contributed by atoms with E-state index in [0.717, 1.165) is 11.5 Å². The SMILES string of the molecule is Cc1c2c(c(C)c3ccccc13)-c1c3c(cc4c(C5CCCCC5)cccc4c3cc[n+]1C)O2. The largest absolute Gasteiger partial charge is 0.455 e. The number of rotatable bonds is 1. The number of hydrogen-bond donors (Lipinski definition) is 0. The number of ether oxygens (including phenoxy) is 1. The van der Waals surface area contributed by atoms with Crippen LogP contribution in [0.5, 0.6) is 11.5 Å². The second kappa shape index (κ2) is 7.30. The van der Waals surface area contributed by atoms with Crippen LogP contribution >= 0.6 is 0 Å². The lowest BCUT2D eigenvalue weighted by atomic mass is 9.81. The highest BCUT2D eigenvalue weighted by molar-refractivity contribution is 6.16. The maximum Gasteiger partial charge on any atom is 0.228 e. The van der Waals surface area contributed by atoms with Crippen molar-refractivity contribution in [1.82, 2.24) is 0 Å². The predicted octanol–water partition coefficient (Wildman–Crippen LogP) is 8.41. The third kappa shape index (κ3) is 2.66. The van der Waals surface area contributed by atoms with Crippen molar-refractivity contribution in [1.29, 1.82) is 0 Å². The zero-order chi connectivity index (χ0) is 23.0. The smallest absolute Gasteiger partial charge is 0.228 e. The van der Waals surface area contributed by atoms with E-state index in [2.05, 4.69) is 86.3 Å². The van der Waals surface area contributed by atoms with Crippen molar-refractivity contribution >= 4 is 32.3 Å². The molecule has 2 aliphatic rings. The zero-order valence-electron chi connectivity index (χ0n) is 20.2. The number of pyridine rings is 1. The Morgan fingerprint density at radius 3 is 2.29 bits per heavy atom. The van der Waals surface area contributed by atoms with Crippen LogP contribution in [0.15, 0.2) is 60.8 Å². The number of fused-ring (bicyclic) bond motifs is 5. The molecular formula is C32H30NO+. The van der Waals surface area contributed by atoms with Crippen molar-refractivity contribution in [3.63, 3.8) is 0 Å². The Morgan fingerprint density at radius 2 is 1.50 bits per heavy atom. The van der Waals surface area contributed by atoms with Gasteiger partial charge in [-0.2, -0.15) is 0 Å². The first-order valence-corrected chi connectivity index (χ1v) is 12.7. The van der Waals surface area contributed by atoms with Gasteiger partial charge in [-0.05, 0) is 71.3 Å². The summed E-state index contributed by atoms with van der Waals surface area (Å²) >= 11 is 0. The summed E-state index contributed by atoms with van der Waals surface area (Å²) in [6, 6.07) is 20.3. The van der Waals surface area contributed by atoms with Crippen LogP contribution in [0, 0.1) is 13.8 Å². The fourth-order valence-corrected chi connectivity index (χ4v) is 6.73. The molecule has 1 saturated carbocycles. The Bertz CT molecular complexity index is 1640. The molecule has 1 aliphatic carbocycles. The van der Waals surface area contributed by atoms with Gasteiger partial charge in [0.15, 0.2) is 6.20 Å². The fourth-order valence-electron chi connectivity index (χ4n) is 6.73. The van der Waals surface area contributed by atoms with Gasteiger partial charge in [0.05, 0.1) is 10.9 Å². The molecule has 34 heavy (non-hydrogen) atoms. The van der Waals surface area contributed by atoms with E-state index in [0.29, 0.717) is 5.92 Å². The molecule has 2 heteroatoms. The average molecular weight is 445 g/mol. The van der Waals surface area contributed by atoms with Gasteiger partial charge in [0.25, 0.3) is 0 Å². The number of aryl methyl sites for hydroxylation is 3. The molecule has 0 radical (unpaired) electrons. The minimum absolute atomic E-state index is 0.658. The Hall–Kier alpha value is -3.39. The lowest BCUT2D eigenvalue weighted by molar-refractivity contribution is -0.659. The monoisotopic (exact) mass is 444 g/mol. The van der Waals surface area contributed by atoms with Crippen molar-refractivity contribution in [3.05, 3.63) is 77.5 Å². The van der Waals surface area contributed by atoms with Gasteiger partial charge in [-0.1, -0.05) is 61.7 Å². The first-order chi connectivity index (χ1) is 16.6. The van der Waals surface area contributed by atoms with Gasteiger partial charge in [0.2, 0.25) is 5.69 Å². The molecule has 2 nitrogen and oxygen atoms in total. The van der Waals surface area contributed by atoms with E-state index >= 15 is 0 Å². The number of aromatic nitrogens is 1. The second-order valence-corrected chi connectivity index (χ2v) is 10.3. The van der Waals surface area contributed by atoms with E-state index in [1.54, 1.807) is 0 Å². The summed E-state index contributed by atoms with van der Waals surface area (Å²) in [7, 11) is 2.17. The summed E-state index contributed by atoms with van der Waals surface area (Å²) in [5.74, 6) is 2.67. The molecule has 0 spiro atoms. The molecule has 5 aromatic rings. The zero-order valence-corrected chi connectivity index (χ0v) is 20.2. The summed E-state index contributed by atoms with van der Waals surface area (Å²) in [5.41, 5.74) is 6.52. The summed E-state index contributed by atoms with van der Waals surface area (Å²) < 4.78 is 9.14. The molecule has 1 aliphatic heterocycles. The van der Waals surface area contributed by atoms with Crippen molar-refractivity contribution in [2.75, 3.05) is 0 Å². The Morgan fingerprint density at radius 1 is 0.765 bits per heavy atom. The van der Waals surface area contributed by atoms with E-state index in [4.69, 9.17) is 4.74 Å². The van der Waals surface area contributed by atoms with Crippen LogP contribution in [0.2, 0.25) is 0 Å². The van der Waals surface area contributed by atoms with E-state index < -0.39 is 0 Å². The van der Waals surface area contributed by atoms with E-state index in [1.807, 2.05) is 0 Å². The predicted molar refractivity (Wildman–Crippen MR) is 141 cm³/mol. The van der Waals surface area contributed by atoms with Crippen molar-refractivity contribution in [2.24, 2.45) is 7.05 Å². The van der Waals surface area contributed by atoms with E-state index in [-0.39, 0.29) is 0 Å². The minimum atomic E-state index is 0.658. The van der Waals surface area contributed by atoms with E-state index in [1.165, 1.54) is 92.4 Å². The van der Waals surface area contributed by atoms with Crippen LogP contribution in [-0.4, -0.2) is 0 Å². The molecule has 1 aromatic heterocycles. The topological polar surface area (TPSA) is 13.1 Å². The molecule has 7 rings (SSSR count). The lowest BCUT2D eigenvalue weighted by Gasteiger charge is -2.26. The summed E-state index contributed by atoms with van der Waals surface area (Å²) in [5, 5.41) is 7.85. The van der Waals surface area contributed by atoms with Gasteiger partial charge in [0, 0.05) is 17.0 Å². The van der Waals surface area contributed by atoms with Crippen molar-refractivity contribution in [2.45, 2.75) is 51.9 Å². The number of nitrogens with zero attached hydrogens (tertiary/aromatic N) is 1. The minimum Gasteiger partial charge on any atom is -0.455 e. The van der Waals surface area contributed by atoms with Crippen molar-refractivity contribution in [3.8, 4) is 22.8 Å². The molecule has 0 amide bonds. The van der Waals surface area contributed by atoms with E-state index in [9.17, 15) is 0 Å². The van der Waals surface area contributed by atoms with Gasteiger partial charge >= 0.3 is 0 Å². The Labute approximate surface area is 200 Å². The standard InChI is InChI=1S/C32H30NO/c1-19-22-12-7-8-13-23(22)20(2)32-29(19)31-30-26(16-17-33(31)3)25-15-9-14-24(21-10-5-4-6-11-21)27(25)18-28(30)34-32/h7-9,12-18,21H,4-6,10-11H2,1-3H3/q+1. The van der Waals surface area contributed by atoms with Gasteiger partial charge < -0.3 is 4.74 Å². The summed E-state index contributed by atoms with van der Waals surface area (Å²) in [6.45, 7) is 4.45. The normalized spacial score (nSPS) is 15.6. The molecule has 4 aromatic carbocycles. The molecule has 0 unspecified atom stereocenters. The molecule has 0 saturated heterocycles. The average Bonchev–Trinajstić information content (AvgIpc) is 2.88. The van der Waals surface area contributed by atoms with Crippen LogP contribution in [0.1, 0.15) is 54.7 Å². The van der Waals surface area contributed by atoms with Crippen LogP contribution < -0.4 is 9.30 Å². The maximum atomic E-state index is 6.86. The molecule has 168 valence electrons. The highest BCUT2D eigenvalue weighted by atomic mass is 16.5. The molecule has 0 N–H and O–H groups in total. The highest BCUT2D eigenvalue weighted by Crippen LogP contribution is 2.52. The van der Waals surface area contributed by atoms with Crippen molar-refractivity contribution < 1.29 is 9.30 Å². The van der Waals surface area contributed by atoms with Gasteiger partial charge in [-0.25, -0.2) is 4.57 Å². The maximum absolute atomic E-state index is 6.86. The Balaban J connectivity index is 1.60. The van der Waals surface area contributed by atoms with Gasteiger partial charge in [-0.3, -0.25) is 0 Å². The van der Waals surface area contributed by atoms with Crippen LogP contribution in [0.4, 0.5) is 0 Å². The third-order valence-corrected chi connectivity index (χ3v) is 8.45. The molecular weight excluding hydrogens is 414 g/mol. The number of benzene rings is 4. The molecule has 2 heterocycles. The molecule has 0 bridgehead atoms. The second-order valence-electron chi connectivity index (χ2n) is 10.3. The quantitative estimate of drug-likeness (QED) is 0.183. The first-order valence-electron chi connectivity index (χ1n) is 12.7. The Kier molecular flexibility index (Phi) is 4.30. The number of hydrogen-bond acceptors (Lipinski definition) is 1. The van der Waals surface area contributed by atoms with Gasteiger partial charge in [-0.15, -0.1) is 0 Å². The van der Waals surface area contributed by atoms with Crippen LogP contribution in [-0.2, 0) is 7.05 Å². The fraction of sp³-hybridized carbons (Fsp3) is 0.281.